The molecule has 1 heterocycles. The molecule has 92 valence electrons. The van der Waals surface area contributed by atoms with E-state index in [1.807, 2.05) is 0 Å². The van der Waals surface area contributed by atoms with Gasteiger partial charge in [-0.2, -0.15) is 0 Å². The zero-order chi connectivity index (χ0) is 12.4. The fourth-order valence-corrected chi connectivity index (χ4v) is 2.34. The Morgan fingerprint density at radius 2 is 2.29 bits per heavy atom. The number of nitrogens with one attached hydrogen (secondary N) is 1. The van der Waals surface area contributed by atoms with Gasteiger partial charge in [0, 0.05) is 6.04 Å². The summed E-state index contributed by atoms with van der Waals surface area (Å²) in [5, 5.41) is 11.9. The van der Waals surface area contributed by atoms with Crippen LogP contribution in [-0.2, 0) is 11.2 Å². The van der Waals surface area contributed by atoms with Crippen molar-refractivity contribution in [3.05, 3.63) is 34.6 Å². The second kappa shape index (κ2) is 5.02. The van der Waals surface area contributed by atoms with E-state index in [4.69, 9.17) is 16.7 Å². The topological polar surface area (TPSA) is 49.3 Å². The van der Waals surface area contributed by atoms with Gasteiger partial charge in [-0.25, -0.2) is 4.39 Å². The number of carbonyl (C=O) groups is 1. The van der Waals surface area contributed by atoms with Gasteiger partial charge in [-0.3, -0.25) is 4.79 Å². The Labute approximate surface area is 104 Å². The largest absolute Gasteiger partial charge is 0.480 e. The second-order valence-electron chi connectivity index (χ2n) is 4.25. The Balaban J connectivity index is 2.03. The summed E-state index contributed by atoms with van der Waals surface area (Å²) in [5.74, 6) is -1.26. The molecule has 2 rings (SSSR count). The van der Waals surface area contributed by atoms with Crippen LogP contribution in [0.15, 0.2) is 18.2 Å². The smallest absolute Gasteiger partial charge is 0.320 e. The summed E-state index contributed by atoms with van der Waals surface area (Å²) in [6.45, 7) is 0. The predicted octanol–water partition coefficient (Wildman–Crippen LogP) is 2.23. The number of benzene rings is 1. The first-order valence-electron chi connectivity index (χ1n) is 5.49. The van der Waals surface area contributed by atoms with E-state index in [-0.39, 0.29) is 11.1 Å². The molecule has 1 aromatic carbocycles. The summed E-state index contributed by atoms with van der Waals surface area (Å²) in [5.41, 5.74) is 0.529. The normalized spacial score (nSPS) is 23.9. The summed E-state index contributed by atoms with van der Waals surface area (Å²) in [7, 11) is 0. The Morgan fingerprint density at radius 3 is 2.94 bits per heavy atom. The number of hydrogen-bond acceptors (Lipinski definition) is 2. The molecule has 0 bridgehead atoms. The van der Waals surface area contributed by atoms with E-state index in [0.29, 0.717) is 18.4 Å². The van der Waals surface area contributed by atoms with Gasteiger partial charge >= 0.3 is 5.97 Å². The van der Waals surface area contributed by atoms with Crippen molar-refractivity contribution in [3.8, 4) is 0 Å². The molecule has 2 atom stereocenters. The molecule has 0 amide bonds. The lowest BCUT2D eigenvalue weighted by Gasteiger charge is -2.12. The van der Waals surface area contributed by atoms with Crippen molar-refractivity contribution in [2.75, 3.05) is 0 Å². The monoisotopic (exact) mass is 257 g/mol. The maximum atomic E-state index is 13.6. The summed E-state index contributed by atoms with van der Waals surface area (Å²) < 4.78 is 13.6. The van der Waals surface area contributed by atoms with Gasteiger partial charge in [0.1, 0.15) is 11.9 Å². The highest BCUT2D eigenvalue weighted by molar-refractivity contribution is 6.30. The zero-order valence-electron chi connectivity index (χ0n) is 9.12. The number of hydrogen-bond donors (Lipinski definition) is 2. The van der Waals surface area contributed by atoms with Crippen molar-refractivity contribution in [1.29, 1.82) is 0 Å². The number of carboxylic acids is 1. The number of rotatable bonds is 3. The fraction of sp³-hybridized carbons (Fsp3) is 0.417. The highest BCUT2D eigenvalue weighted by Crippen LogP contribution is 2.22. The van der Waals surface area contributed by atoms with Crippen LogP contribution in [0.4, 0.5) is 4.39 Å². The van der Waals surface area contributed by atoms with Gasteiger partial charge in [0.25, 0.3) is 0 Å². The Hall–Kier alpha value is -1.13. The molecule has 0 saturated carbocycles. The highest BCUT2D eigenvalue weighted by atomic mass is 35.5. The molecule has 0 aromatic heterocycles. The molecule has 1 saturated heterocycles. The van der Waals surface area contributed by atoms with Crippen molar-refractivity contribution >= 4 is 17.6 Å². The lowest BCUT2D eigenvalue weighted by Crippen LogP contribution is -2.36. The van der Waals surface area contributed by atoms with E-state index >= 15 is 0 Å². The van der Waals surface area contributed by atoms with Crippen LogP contribution >= 0.6 is 11.6 Å². The van der Waals surface area contributed by atoms with Gasteiger partial charge in [0.05, 0.1) is 5.02 Å². The highest BCUT2D eigenvalue weighted by Gasteiger charge is 2.29. The maximum absolute atomic E-state index is 13.6. The van der Waals surface area contributed by atoms with Crippen molar-refractivity contribution < 1.29 is 14.3 Å². The van der Waals surface area contributed by atoms with Crippen LogP contribution < -0.4 is 5.32 Å². The summed E-state index contributed by atoms with van der Waals surface area (Å²) in [6.07, 6.45) is 1.79. The van der Waals surface area contributed by atoms with Crippen molar-refractivity contribution in [2.24, 2.45) is 0 Å². The second-order valence-corrected chi connectivity index (χ2v) is 4.66. The molecular formula is C12H13ClFNO2. The van der Waals surface area contributed by atoms with E-state index < -0.39 is 17.8 Å². The van der Waals surface area contributed by atoms with E-state index in [0.717, 1.165) is 6.42 Å². The first-order chi connectivity index (χ1) is 8.08. The van der Waals surface area contributed by atoms with Crippen LogP contribution in [0.1, 0.15) is 18.4 Å². The first kappa shape index (κ1) is 12.3. The Kier molecular flexibility index (Phi) is 3.64. The van der Waals surface area contributed by atoms with Gasteiger partial charge in [-0.05, 0) is 30.9 Å². The fourth-order valence-electron chi connectivity index (χ4n) is 2.15. The minimum absolute atomic E-state index is 0.00377. The molecular weight excluding hydrogens is 245 g/mol. The van der Waals surface area contributed by atoms with Gasteiger partial charge in [0.15, 0.2) is 0 Å². The molecule has 0 radical (unpaired) electrons. The third-order valence-corrected chi connectivity index (χ3v) is 3.33. The predicted molar refractivity (Wildman–Crippen MR) is 62.7 cm³/mol. The van der Waals surface area contributed by atoms with Gasteiger partial charge < -0.3 is 10.4 Å². The molecule has 0 spiro atoms. The third kappa shape index (κ3) is 2.76. The van der Waals surface area contributed by atoms with E-state index in [9.17, 15) is 9.18 Å². The molecule has 1 aromatic rings. The van der Waals surface area contributed by atoms with E-state index in [1.165, 1.54) is 6.07 Å². The lowest BCUT2D eigenvalue weighted by atomic mass is 10.0. The van der Waals surface area contributed by atoms with Gasteiger partial charge in [-0.1, -0.05) is 23.7 Å². The summed E-state index contributed by atoms with van der Waals surface area (Å²) in [4.78, 5) is 10.8. The minimum atomic E-state index is -0.848. The van der Waals surface area contributed by atoms with Crippen LogP contribution in [0.3, 0.4) is 0 Å². The van der Waals surface area contributed by atoms with Crippen molar-refractivity contribution in [2.45, 2.75) is 31.3 Å². The van der Waals surface area contributed by atoms with Crippen molar-refractivity contribution in [1.82, 2.24) is 5.32 Å². The zero-order valence-corrected chi connectivity index (χ0v) is 9.88. The quantitative estimate of drug-likeness (QED) is 0.873. The van der Waals surface area contributed by atoms with Crippen LogP contribution in [0, 0.1) is 5.82 Å². The SMILES string of the molecule is O=C(O)C1CCC(Cc2cccc(Cl)c2F)N1. The Bertz CT molecular complexity index is 439. The molecule has 3 nitrogen and oxygen atoms in total. The molecule has 5 heteroatoms. The Morgan fingerprint density at radius 1 is 1.53 bits per heavy atom. The molecule has 1 aliphatic rings. The molecule has 2 N–H and O–H groups in total. The van der Waals surface area contributed by atoms with Crippen LogP contribution in [-0.4, -0.2) is 23.2 Å². The van der Waals surface area contributed by atoms with Crippen molar-refractivity contribution in [3.63, 3.8) is 0 Å². The number of carboxylic acid groups (broad SMARTS) is 1. The van der Waals surface area contributed by atoms with Gasteiger partial charge in [-0.15, -0.1) is 0 Å². The molecule has 1 fully saturated rings. The molecule has 17 heavy (non-hydrogen) atoms. The third-order valence-electron chi connectivity index (χ3n) is 3.04. The average Bonchev–Trinajstić information content (AvgIpc) is 2.73. The van der Waals surface area contributed by atoms with Crippen LogP contribution in [0.2, 0.25) is 5.02 Å². The van der Waals surface area contributed by atoms with E-state index in [2.05, 4.69) is 5.32 Å². The average molecular weight is 258 g/mol. The first-order valence-corrected chi connectivity index (χ1v) is 5.87. The van der Waals surface area contributed by atoms with Crippen LogP contribution in [0.5, 0.6) is 0 Å². The van der Waals surface area contributed by atoms with Gasteiger partial charge in [0.2, 0.25) is 0 Å². The van der Waals surface area contributed by atoms with Crippen LogP contribution in [0.25, 0.3) is 0 Å². The summed E-state index contributed by atoms with van der Waals surface area (Å²) in [6, 6.07) is 4.37. The molecule has 0 aliphatic carbocycles. The number of halogens is 2. The minimum Gasteiger partial charge on any atom is -0.480 e. The lowest BCUT2D eigenvalue weighted by molar-refractivity contribution is -0.139. The maximum Gasteiger partial charge on any atom is 0.320 e. The summed E-state index contributed by atoms with van der Waals surface area (Å²) >= 11 is 5.69. The number of aliphatic carboxylic acids is 1. The molecule has 1 aliphatic heterocycles. The molecule has 2 unspecified atom stereocenters. The van der Waals surface area contributed by atoms with E-state index in [1.54, 1.807) is 12.1 Å². The standard InChI is InChI=1S/C12H13ClFNO2/c13-9-3-1-2-7(11(9)14)6-8-4-5-10(15-8)12(16)17/h1-3,8,10,15H,4-6H2,(H,16,17).